The van der Waals surface area contributed by atoms with E-state index in [1.54, 1.807) is 0 Å². The van der Waals surface area contributed by atoms with Crippen molar-refractivity contribution < 1.29 is 0 Å². The van der Waals surface area contributed by atoms with Gasteiger partial charge in [0.1, 0.15) is 0 Å². The number of fused-ring (bicyclic) bond motifs is 32. The molecule has 0 N–H and O–H groups in total. The van der Waals surface area contributed by atoms with Gasteiger partial charge in [-0.1, -0.05) is 524 Å². The van der Waals surface area contributed by atoms with E-state index in [0.29, 0.717) is 0 Å². The summed E-state index contributed by atoms with van der Waals surface area (Å²) >= 11 is 0. The fraction of sp³-hybridized carbons (Fsp3) is 0.149. The molecular formula is C148H128. The van der Waals surface area contributed by atoms with Crippen molar-refractivity contribution in [3.63, 3.8) is 0 Å². The van der Waals surface area contributed by atoms with Gasteiger partial charge in [-0.05, 0) is 346 Å². The van der Waals surface area contributed by atoms with E-state index < -0.39 is 0 Å². The Bertz CT molecular complexity index is 8360. The second kappa shape index (κ2) is 38.9. The van der Waals surface area contributed by atoms with Crippen LogP contribution in [-0.4, -0.2) is 0 Å². The molecule has 0 aliphatic heterocycles. The van der Waals surface area contributed by atoms with Gasteiger partial charge in [-0.2, -0.15) is 0 Å². The first-order chi connectivity index (χ1) is 71.5. The first-order valence-electron chi connectivity index (χ1n) is 52.7. The molecule has 24 aromatic rings. The van der Waals surface area contributed by atoms with E-state index in [-0.39, 0.29) is 10.8 Å². The van der Waals surface area contributed by atoms with E-state index >= 15 is 0 Å². The summed E-state index contributed by atoms with van der Waals surface area (Å²) in [6, 6.07) is 155. The molecule has 2 aliphatic rings. The molecule has 2 aliphatic carbocycles. The highest BCUT2D eigenvalue weighted by Crippen LogP contribution is 2.64. The van der Waals surface area contributed by atoms with Crippen LogP contribution < -0.4 is 0 Å². The lowest BCUT2D eigenvalue weighted by molar-refractivity contribution is 0.743. The lowest BCUT2D eigenvalue weighted by Gasteiger charge is -2.37. The van der Waals surface area contributed by atoms with Gasteiger partial charge in [-0.15, -0.1) is 0 Å². The quantitative estimate of drug-likeness (QED) is 0.0808. The molecule has 0 unspecified atom stereocenters. The van der Waals surface area contributed by atoms with Gasteiger partial charge in [0, 0.05) is 0 Å². The van der Waals surface area contributed by atoms with Crippen molar-refractivity contribution in [2.24, 2.45) is 0 Å². The molecule has 0 fully saturated rings. The van der Waals surface area contributed by atoms with E-state index in [2.05, 4.69) is 551 Å². The molecule has 0 atom stereocenters. The van der Waals surface area contributed by atoms with Crippen molar-refractivity contribution >= 4 is 119 Å². The van der Waals surface area contributed by atoms with Crippen LogP contribution in [0.5, 0.6) is 0 Å². The van der Waals surface area contributed by atoms with Crippen LogP contribution >= 0.6 is 0 Å². The number of hydrogen-bond donors (Lipinski definition) is 0. The number of aryl methyl sites for hydroxylation is 20. The third-order valence-corrected chi connectivity index (χ3v) is 31.7. The second-order valence-electron chi connectivity index (χ2n) is 43.3. The summed E-state index contributed by atoms with van der Waals surface area (Å²) in [4.78, 5) is 0. The summed E-state index contributed by atoms with van der Waals surface area (Å²) in [5.41, 5.74) is 49.3. The second-order valence-corrected chi connectivity index (χ2v) is 43.3. The van der Waals surface area contributed by atoms with Crippen molar-refractivity contribution in [1.29, 1.82) is 0 Å². The summed E-state index contributed by atoms with van der Waals surface area (Å²) in [5, 5.41) is 27.2. The Morgan fingerprint density at radius 2 is 0.270 bits per heavy atom. The lowest BCUT2D eigenvalue weighted by atomic mass is 9.65. The van der Waals surface area contributed by atoms with Gasteiger partial charge in [0.2, 0.25) is 0 Å². The molecule has 0 nitrogen and oxygen atoms in total. The topological polar surface area (TPSA) is 0 Å². The fourth-order valence-corrected chi connectivity index (χ4v) is 24.1. The van der Waals surface area contributed by atoms with Gasteiger partial charge in [0.05, 0.1) is 10.8 Å². The molecular weight excluding hydrogens is 1780 g/mol. The number of hydrogen-bond acceptors (Lipinski definition) is 0. The molecule has 0 heterocycles. The Kier molecular flexibility index (Phi) is 25.3. The van der Waals surface area contributed by atoms with Crippen molar-refractivity contribution in [2.75, 3.05) is 0 Å². The van der Waals surface area contributed by atoms with Crippen LogP contribution in [0.3, 0.4) is 0 Å². The molecule has 0 amide bonds. The smallest absolute Gasteiger partial charge is 0.0590 e. The van der Waals surface area contributed by atoms with Crippen molar-refractivity contribution in [1.82, 2.24) is 0 Å². The maximum absolute atomic E-state index is 2.42. The van der Waals surface area contributed by atoms with Crippen LogP contribution in [0.15, 0.2) is 413 Å². The maximum atomic E-state index is 2.42. The Morgan fingerprint density at radius 3 is 0.459 bits per heavy atom. The largest absolute Gasteiger partial charge is 0.0725 e. The Labute approximate surface area is 874 Å². The molecule has 1 spiro atoms. The van der Waals surface area contributed by atoms with Crippen LogP contribution in [-0.2, 0) is 10.8 Å². The maximum Gasteiger partial charge on any atom is 0.0725 e. The van der Waals surface area contributed by atoms with Crippen LogP contribution in [0.25, 0.3) is 141 Å². The van der Waals surface area contributed by atoms with Gasteiger partial charge in [-0.3, -0.25) is 0 Å². The molecule has 720 valence electrons. The molecule has 0 heteroatoms. The summed E-state index contributed by atoms with van der Waals surface area (Å²) in [7, 11) is 0. The highest BCUT2D eigenvalue weighted by molar-refractivity contribution is 6.41. The minimum Gasteiger partial charge on any atom is -0.0590 e. The van der Waals surface area contributed by atoms with E-state index in [0.717, 1.165) is 0 Å². The molecule has 0 aromatic heterocycles. The molecule has 0 bridgehead atoms. The van der Waals surface area contributed by atoms with Crippen LogP contribution in [0, 0.1) is 138 Å². The third-order valence-electron chi connectivity index (χ3n) is 31.7. The minimum atomic E-state index is -0.358. The predicted octanol–water partition coefficient (Wildman–Crippen LogP) is 39.9. The first-order valence-corrected chi connectivity index (χ1v) is 52.7. The van der Waals surface area contributed by atoms with Gasteiger partial charge >= 0.3 is 0 Å². The minimum absolute atomic E-state index is 0.217. The predicted molar refractivity (Wildman–Crippen MR) is 641 cm³/mol. The molecule has 0 radical (unpaired) electrons. The van der Waals surface area contributed by atoms with E-state index in [4.69, 9.17) is 0 Å². The van der Waals surface area contributed by atoms with Crippen molar-refractivity contribution in [3.05, 3.63) is 591 Å². The molecule has 24 aromatic carbocycles. The first kappa shape index (κ1) is 96.4. The summed E-state index contributed by atoms with van der Waals surface area (Å²) in [6.07, 6.45) is 0. The third kappa shape index (κ3) is 17.3. The van der Waals surface area contributed by atoms with Crippen LogP contribution in [0.2, 0.25) is 0 Å². The standard InChI is InChI=1S/2C30H24.C30H28.C29H24.C29H28/c1-17-5-9-21-22-10-6-19(3)15-27(22)30-28-16-20(4)8-12-24(28)23-11-7-18(2)14-26(23)29(30)25(21)13-17;1-17-5-9-21-25(13-17)26-14-18(2)6-10-22(26)30-24-12-8-20(4)16-28(24)27-15-19(3)7-11-23(27)29(21)30;1-21-5-13-25(14-6-21)29(26-15-7-22(2)8-16-26)30(27-17-9-23(3)10-18-27)28-19-11-24(4)12-20-28;1-17-5-9-21-22-10-6-18(2)14-26(22)29(25(21)13-17)27-15-19(3)7-11-23(27)24-12-8-20(4)16-28(24)29;1-21-5-13-25(14-6-21)29(26-15-7-22(2)8-16-26,27-17-9-23(3)10-18-27)28-19-11-24(4)12-20-28/h2*5-16H,1-4H3;5-20H,1-4H3;5-16H,1-4H3;5-20H,1-4H3. The van der Waals surface area contributed by atoms with Gasteiger partial charge in [-0.25, -0.2) is 0 Å². The Balaban J connectivity index is 0.000000105. The van der Waals surface area contributed by atoms with Crippen molar-refractivity contribution in [2.45, 2.75) is 149 Å². The highest BCUT2D eigenvalue weighted by atomic mass is 14.5. The van der Waals surface area contributed by atoms with E-state index in [1.807, 2.05) is 0 Å². The fourth-order valence-electron chi connectivity index (χ4n) is 24.1. The summed E-state index contributed by atoms with van der Waals surface area (Å²) in [5.74, 6) is 0. The zero-order valence-electron chi connectivity index (χ0n) is 89.3. The monoisotopic (exact) mass is 1910 g/mol. The van der Waals surface area contributed by atoms with Crippen molar-refractivity contribution in [3.8, 4) is 22.3 Å². The molecule has 0 saturated heterocycles. The van der Waals surface area contributed by atoms with Gasteiger partial charge in [0.25, 0.3) is 0 Å². The van der Waals surface area contributed by atoms with Crippen LogP contribution in [0.1, 0.15) is 178 Å². The number of benzene rings is 24. The van der Waals surface area contributed by atoms with Crippen LogP contribution in [0.4, 0.5) is 0 Å². The average molecular weight is 1910 g/mol. The highest BCUT2D eigenvalue weighted by Gasteiger charge is 2.52. The van der Waals surface area contributed by atoms with E-state index in [1.165, 1.54) is 319 Å². The average Bonchev–Trinajstić information content (AvgIpc) is 1.50. The summed E-state index contributed by atoms with van der Waals surface area (Å²) in [6.45, 7) is 43.6. The number of rotatable bonds is 8. The zero-order chi connectivity index (χ0) is 103. The Morgan fingerprint density at radius 1 is 0.128 bits per heavy atom. The van der Waals surface area contributed by atoms with Gasteiger partial charge < -0.3 is 0 Å². The van der Waals surface area contributed by atoms with Gasteiger partial charge in [0.15, 0.2) is 0 Å². The van der Waals surface area contributed by atoms with E-state index in [9.17, 15) is 0 Å². The Hall–Kier alpha value is -16.4. The lowest BCUT2D eigenvalue weighted by Crippen LogP contribution is -2.31. The molecule has 0 saturated carbocycles. The molecule has 148 heavy (non-hydrogen) atoms. The summed E-state index contributed by atoms with van der Waals surface area (Å²) < 4.78 is 0. The molecule has 26 rings (SSSR count). The normalized spacial score (nSPS) is 12.1. The SMILES string of the molecule is Cc1ccc(C(=C(c2ccc(C)cc2)c2ccc(C)cc2)c2ccc(C)cc2)cc1.Cc1ccc(C(c2ccc(C)cc2)(c2ccc(C)cc2)c2ccc(C)cc2)cc1.Cc1ccc2c(c1)C1(c3cc(C)ccc3-2)c2cc(C)ccc2-c2ccc(C)cc21.Cc1ccc2c(c1)c1cc(C)ccc1c1c3ccc(C)cc3c3cc(C)ccc3c21.Cc1ccc2c3ccc(C)cc3c3c4cc(C)ccc4c4ccc(C)cc4c3c2c1. The zero-order valence-corrected chi connectivity index (χ0v) is 89.3.